The SMILES string of the molecule is C=C1N(C)CC[C@@]1(O)C#Cc1cccc(-c2nc(C(N)=O)cn3c(C(F)(F)F)cnc23)c1. The Morgan fingerprint density at radius 3 is 2.75 bits per heavy atom. The predicted octanol–water partition coefficient (Wildman–Crippen LogP) is 2.45. The monoisotopic (exact) mass is 441 g/mol. The number of amides is 1. The van der Waals surface area contributed by atoms with E-state index >= 15 is 0 Å². The van der Waals surface area contributed by atoms with Gasteiger partial charge in [0.25, 0.3) is 5.91 Å². The molecule has 0 aliphatic carbocycles. The number of carbonyl (C=O) groups excluding carboxylic acids is 1. The van der Waals surface area contributed by atoms with Crippen LogP contribution < -0.4 is 5.73 Å². The molecule has 0 spiro atoms. The van der Waals surface area contributed by atoms with Crippen molar-refractivity contribution in [2.75, 3.05) is 13.6 Å². The number of halogens is 3. The normalized spacial score (nSPS) is 18.7. The number of nitrogens with zero attached hydrogens (tertiary/aromatic N) is 4. The van der Waals surface area contributed by atoms with E-state index in [0.29, 0.717) is 36.0 Å². The van der Waals surface area contributed by atoms with Crippen LogP contribution in [0.1, 0.15) is 28.2 Å². The van der Waals surface area contributed by atoms with Crippen LogP contribution in [0.15, 0.2) is 48.9 Å². The quantitative estimate of drug-likeness (QED) is 0.596. The number of benzene rings is 1. The lowest BCUT2D eigenvalue weighted by atomic mass is 10.00. The van der Waals surface area contributed by atoms with Crippen LogP contribution in [0.25, 0.3) is 16.9 Å². The lowest BCUT2D eigenvalue weighted by molar-refractivity contribution is -0.141. The van der Waals surface area contributed by atoms with Crippen molar-refractivity contribution in [2.24, 2.45) is 5.73 Å². The highest BCUT2D eigenvalue weighted by Gasteiger charge is 2.37. The van der Waals surface area contributed by atoms with Crippen LogP contribution in [0.3, 0.4) is 0 Å². The van der Waals surface area contributed by atoms with Gasteiger partial charge in [0.2, 0.25) is 0 Å². The van der Waals surface area contributed by atoms with Crippen molar-refractivity contribution < 1.29 is 23.1 Å². The van der Waals surface area contributed by atoms with E-state index in [2.05, 4.69) is 28.4 Å². The Labute approximate surface area is 181 Å². The van der Waals surface area contributed by atoms with Crippen molar-refractivity contribution in [1.82, 2.24) is 19.3 Å². The largest absolute Gasteiger partial charge is 0.433 e. The van der Waals surface area contributed by atoms with E-state index in [0.717, 1.165) is 10.6 Å². The Hall–Kier alpha value is -3.84. The number of nitrogens with two attached hydrogens (primary N) is 1. The summed E-state index contributed by atoms with van der Waals surface area (Å²) in [6.45, 7) is 4.48. The predicted molar refractivity (Wildman–Crippen MR) is 110 cm³/mol. The molecule has 164 valence electrons. The highest BCUT2D eigenvalue weighted by Crippen LogP contribution is 2.33. The molecule has 1 amide bonds. The molecule has 0 saturated carbocycles. The Bertz CT molecular complexity index is 1320. The van der Waals surface area contributed by atoms with Crippen LogP contribution in [0.4, 0.5) is 13.2 Å². The molecule has 3 aromatic rings. The molecule has 2 aromatic heterocycles. The summed E-state index contributed by atoms with van der Waals surface area (Å²) >= 11 is 0. The number of rotatable bonds is 2. The van der Waals surface area contributed by atoms with Crippen LogP contribution in [0.5, 0.6) is 0 Å². The second-order valence-corrected chi connectivity index (χ2v) is 7.48. The third-order valence-electron chi connectivity index (χ3n) is 5.33. The Kier molecular flexibility index (Phi) is 4.94. The standard InChI is InChI=1S/C22H18F3N5O2/c1-13-21(32,8-9-29(13)2)7-6-14-4-3-5-15(10-14)18-20-27-11-17(22(23,24)25)30(20)12-16(28-18)19(26)31/h3-5,10-12,32H,1,8-9H2,2H3,(H2,26,31)/t21-/m0/s1. The fourth-order valence-electron chi connectivity index (χ4n) is 3.49. The Balaban J connectivity index is 1.83. The zero-order valence-corrected chi connectivity index (χ0v) is 16.9. The molecule has 0 bridgehead atoms. The van der Waals surface area contributed by atoms with Crippen molar-refractivity contribution in [3.05, 3.63) is 65.9 Å². The first kappa shape index (κ1) is 21.4. The van der Waals surface area contributed by atoms with Crippen LogP contribution >= 0.6 is 0 Å². The fourth-order valence-corrected chi connectivity index (χ4v) is 3.49. The molecule has 10 heteroatoms. The van der Waals surface area contributed by atoms with Gasteiger partial charge >= 0.3 is 6.18 Å². The smallest absolute Gasteiger partial charge is 0.375 e. The average Bonchev–Trinajstić information content (AvgIpc) is 3.29. The van der Waals surface area contributed by atoms with E-state index in [1.807, 2.05) is 11.9 Å². The number of hydrogen-bond donors (Lipinski definition) is 2. The molecule has 1 aliphatic rings. The molecule has 4 rings (SSSR count). The summed E-state index contributed by atoms with van der Waals surface area (Å²) in [6, 6.07) is 6.52. The lowest BCUT2D eigenvalue weighted by Gasteiger charge is -2.19. The number of hydrogen-bond acceptors (Lipinski definition) is 5. The summed E-state index contributed by atoms with van der Waals surface area (Å²) in [5, 5.41) is 10.7. The van der Waals surface area contributed by atoms with Crippen LogP contribution in [0, 0.1) is 11.8 Å². The van der Waals surface area contributed by atoms with Gasteiger partial charge in [0.15, 0.2) is 11.2 Å². The molecule has 1 aliphatic heterocycles. The highest BCUT2D eigenvalue weighted by molar-refractivity contribution is 5.92. The molecule has 3 heterocycles. The molecule has 1 fully saturated rings. The number of aromatic nitrogens is 3. The Morgan fingerprint density at radius 2 is 2.12 bits per heavy atom. The number of likely N-dealkylation sites (N-methyl/N-ethyl adjacent to an activating group) is 1. The maximum atomic E-state index is 13.4. The van der Waals surface area contributed by atoms with Crippen LogP contribution in [-0.4, -0.2) is 49.5 Å². The summed E-state index contributed by atoms with van der Waals surface area (Å²) < 4.78 is 40.9. The number of fused-ring (bicyclic) bond motifs is 1. The first-order chi connectivity index (χ1) is 15.0. The number of carbonyl (C=O) groups is 1. The molecule has 1 saturated heterocycles. The van der Waals surface area contributed by atoms with E-state index in [9.17, 15) is 23.1 Å². The van der Waals surface area contributed by atoms with Gasteiger partial charge in [-0.15, -0.1) is 0 Å². The summed E-state index contributed by atoms with van der Waals surface area (Å²) in [5.74, 6) is 4.74. The molecule has 32 heavy (non-hydrogen) atoms. The summed E-state index contributed by atoms with van der Waals surface area (Å²) in [5.41, 5.74) is 3.87. The fraction of sp³-hybridized carbons (Fsp3) is 0.227. The van der Waals surface area contributed by atoms with Crippen molar-refractivity contribution in [3.8, 4) is 23.1 Å². The summed E-state index contributed by atoms with van der Waals surface area (Å²) in [6.07, 6.45) is -2.69. The molecular formula is C22H18F3N5O2. The minimum Gasteiger partial charge on any atom is -0.375 e. The summed E-state index contributed by atoms with van der Waals surface area (Å²) in [4.78, 5) is 21.5. The topological polar surface area (TPSA) is 96.7 Å². The molecule has 3 N–H and O–H groups in total. The van der Waals surface area contributed by atoms with Gasteiger partial charge in [0.1, 0.15) is 17.1 Å². The third-order valence-corrected chi connectivity index (χ3v) is 5.33. The molecule has 7 nitrogen and oxygen atoms in total. The van der Waals surface area contributed by atoms with E-state index < -0.39 is 23.4 Å². The second-order valence-electron chi connectivity index (χ2n) is 7.48. The lowest BCUT2D eigenvalue weighted by Crippen LogP contribution is -2.26. The second kappa shape index (κ2) is 7.39. The van der Waals surface area contributed by atoms with Gasteiger partial charge in [0, 0.05) is 37.3 Å². The first-order valence-corrected chi connectivity index (χ1v) is 9.51. The maximum Gasteiger partial charge on any atom is 0.433 e. The van der Waals surface area contributed by atoms with E-state index in [1.165, 1.54) is 0 Å². The van der Waals surface area contributed by atoms with Crippen LogP contribution in [-0.2, 0) is 6.18 Å². The average molecular weight is 441 g/mol. The Morgan fingerprint density at radius 1 is 1.38 bits per heavy atom. The highest BCUT2D eigenvalue weighted by atomic mass is 19.4. The van der Waals surface area contributed by atoms with Gasteiger partial charge in [-0.1, -0.05) is 30.6 Å². The van der Waals surface area contributed by atoms with Gasteiger partial charge in [-0.25, -0.2) is 9.97 Å². The molecule has 1 aromatic carbocycles. The minimum atomic E-state index is -4.69. The summed E-state index contributed by atoms with van der Waals surface area (Å²) in [7, 11) is 1.81. The minimum absolute atomic E-state index is 0.0455. The molecule has 1 atom stereocenters. The van der Waals surface area contributed by atoms with Crippen molar-refractivity contribution in [2.45, 2.75) is 18.2 Å². The maximum absolute atomic E-state index is 13.4. The van der Waals surface area contributed by atoms with Crippen molar-refractivity contribution in [3.63, 3.8) is 0 Å². The van der Waals surface area contributed by atoms with Crippen LogP contribution in [0.2, 0.25) is 0 Å². The van der Waals surface area contributed by atoms with Crippen molar-refractivity contribution in [1.29, 1.82) is 0 Å². The number of aliphatic hydroxyl groups is 1. The van der Waals surface area contributed by atoms with E-state index in [-0.39, 0.29) is 17.0 Å². The number of alkyl halides is 3. The zero-order valence-electron chi connectivity index (χ0n) is 16.9. The van der Waals surface area contributed by atoms with Gasteiger partial charge in [-0.05, 0) is 12.1 Å². The molecular weight excluding hydrogens is 423 g/mol. The van der Waals surface area contributed by atoms with E-state index in [4.69, 9.17) is 5.73 Å². The molecule has 0 radical (unpaired) electrons. The number of primary amides is 1. The molecule has 0 unspecified atom stereocenters. The first-order valence-electron chi connectivity index (χ1n) is 9.51. The number of likely N-dealkylation sites (tertiary alicyclic amines) is 1. The van der Waals surface area contributed by atoms with E-state index in [1.54, 1.807) is 24.3 Å². The number of imidazole rings is 1. The van der Waals surface area contributed by atoms with Gasteiger partial charge < -0.3 is 15.7 Å². The zero-order chi connectivity index (χ0) is 23.3. The van der Waals surface area contributed by atoms with Gasteiger partial charge in [0.05, 0.1) is 11.9 Å². The van der Waals surface area contributed by atoms with Gasteiger partial charge in [-0.2, -0.15) is 13.2 Å². The third kappa shape index (κ3) is 3.67. The van der Waals surface area contributed by atoms with Gasteiger partial charge in [-0.3, -0.25) is 9.20 Å². The van der Waals surface area contributed by atoms with Crippen molar-refractivity contribution >= 4 is 11.6 Å².